The number of nitrogens with one attached hydrogen (secondary N) is 2. The summed E-state index contributed by atoms with van der Waals surface area (Å²) in [6.07, 6.45) is 0. The molecule has 0 aliphatic heterocycles. The monoisotopic (exact) mass is 236 g/mol. The molecular formula is C9H12N6S. The third-order valence-electron chi connectivity index (χ3n) is 1.98. The number of nitrogen functional groups attached to an aromatic ring is 1. The van der Waals surface area contributed by atoms with Crippen LogP contribution in [0.2, 0.25) is 0 Å². The van der Waals surface area contributed by atoms with E-state index in [9.17, 15) is 0 Å². The Kier molecular flexibility index (Phi) is 2.86. The van der Waals surface area contributed by atoms with Gasteiger partial charge in [-0.25, -0.2) is 0 Å². The molecule has 0 bridgehead atoms. The molecule has 0 atom stereocenters. The van der Waals surface area contributed by atoms with Gasteiger partial charge in [0.05, 0.1) is 5.69 Å². The maximum absolute atomic E-state index is 5.56. The van der Waals surface area contributed by atoms with Gasteiger partial charge in [-0.1, -0.05) is 0 Å². The number of nitrogens with zero attached hydrogens (tertiary/aromatic N) is 3. The molecule has 7 heteroatoms. The first-order chi connectivity index (χ1) is 7.69. The van der Waals surface area contributed by atoms with E-state index in [-0.39, 0.29) is 5.95 Å². The lowest BCUT2D eigenvalue weighted by atomic mass is 10.3. The summed E-state index contributed by atoms with van der Waals surface area (Å²) in [5.74, 6) is 1.08. The molecule has 0 fully saturated rings. The van der Waals surface area contributed by atoms with Crippen LogP contribution in [0.5, 0.6) is 0 Å². The second-order valence-corrected chi connectivity index (χ2v) is 3.93. The molecule has 2 aromatic rings. The Morgan fingerprint density at radius 1 is 1.19 bits per heavy atom. The highest BCUT2D eigenvalue weighted by atomic mass is 32.1. The lowest BCUT2D eigenvalue weighted by molar-refractivity contribution is 1.06. The van der Waals surface area contributed by atoms with E-state index in [1.807, 2.05) is 17.7 Å². The molecule has 2 rings (SSSR count). The molecule has 0 amide bonds. The summed E-state index contributed by atoms with van der Waals surface area (Å²) in [7, 11) is 1.73. The van der Waals surface area contributed by atoms with Crippen molar-refractivity contribution >= 4 is 34.9 Å². The van der Waals surface area contributed by atoms with Crippen LogP contribution >= 0.6 is 11.3 Å². The molecule has 16 heavy (non-hydrogen) atoms. The van der Waals surface area contributed by atoms with Crippen molar-refractivity contribution in [3.05, 3.63) is 16.3 Å². The van der Waals surface area contributed by atoms with Gasteiger partial charge in [-0.2, -0.15) is 15.0 Å². The molecule has 0 radical (unpaired) electrons. The van der Waals surface area contributed by atoms with Gasteiger partial charge in [0.15, 0.2) is 0 Å². The van der Waals surface area contributed by atoms with Crippen molar-refractivity contribution in [3.8, 4) is 0 Å². The number of nitrogens with two attached hydrogens (primary N) is 1. The Balaban J connectivity index is 2.28. The molecule has 0 saturated carbocycles. The largest absolute Gasteiger partial charge is 0.368 e. The van der Waals surface area contributed by atoms with Crippen molar-refractivity contribution < 1.29 is 0 Å². The first-order valence-corrected chi connectivity index (χ1v) is 5.62. The molecule has 0 aromatic carbocycles. The fraction of sp³-hybridized carbons (Fsp3) is 0.222. The Bertz CT molecular complexity index is 494. The topological polar surface area (TPSA) is 88.8 Å². The van der Waals surface area contributed by atoms with Crippen LogP contribution in [0.1, 0.15) is 5.56 Å². The molecule has 6 nitrogen and oxygen atoms in total. The molecule has 84 valence electrons. The van der Waals surface area contributed by atoms with Crippen LogP contribution in [-0.4, -0.2) is 22.0 Å². The SMILES string of the molecule is CNc1nc(N)nc(Nc2cscc2C)n1. The summed E-state index contributed by atoms with van der Waals surface area (Å²) in [5, 5.41) is 9.96. The van der Waals surface area contributed by atoms with Crippen LogP contribution in [0.15, 0.2) is 10.8 Å². The van der Waals surface area contributed by atoms with Crippen molar-refractivity contribution in [2.75, 3.05) is 23.4 Å². The van der Waals surface area contributed by atoms with Crippen LogP contribution in [-0.2, 0) is 0 Å². The molecule has 4 N–H and O–H groups in total. The van der Waals surface area contributed by atoms with E-state index in [0.717, 1.165) is 11.3 Å². The van der Waals surface area contributed by atoms with Gasteiger partial charge >= 0.3 is 0 Å². The maximum atomic E-state index is 5.56. The summed E-state index contributed by atoms with van der Waals surface area (Å²) in [4.78, 5) is 12.1. The number of aryl methyl sites for hydroxylation is 1. The summed E-state index contributed by atoms with van der Waals surface area (Å²) in [6.45, 7) is 2.02. The van der Waals surface area contributed by atoms with Crippen molar-refractivity contribution in [3.63, 3.8) is 0 Å². The average molecular weight is 236 g/mol. The van der Waals surface area contributed by atoms with Gasteiger partial charge in [-0.15, -0.1) is 11.3 Å². The lowest BCUT2D eigenvalue weighted by Gasteiger charge is -2.06. The molecule has 0 unspecified atom stereocenters. The smallest absolute Gasteiger partial charge is 0.233 e. The summed E-state index contributed by atoms with van der Waals surface area (Å²) >= 11 is 1.62. The molecule has 2 heterocycles. The number of hydrogen-bond acceptors (Lipinski definition) is 7. The molecule has 0 aliphatic rings. The standard InChI is InChI=1S/C9H12N6S/c1-5-3-16-4-6(5)12-9-14-7(10)13-8(11-2)15-9/h3-4H,1-2H3,(H4,10,11,12,13,14,15). The van der Waals surface area contributed by atoms with Crippen molar-refractivity contribution in [2.24, 2.45) is 0 Å². The fourth-order valence-corrected chi connectivity index (χ4v) is 1.95. The average Bonchev–Trinajstić information content (AvgIpc) is 2.63. The highest BCUT2D eigenvalue weighted by molar-refractivity contribution is 7.08. The molecule has 0 saturated heterocycles. The number of rotatable bonds is 3. The Morgan fingerprint density at radius 3 is 2.56 bits per heavy atom. The van der Waals surface area contributed by atoms with Crippen LogP contribution in [0.3, 0.4) is 0 Å². The van der Waals surface area contributed by atoms with Gasteiger partial charge in [-0.3, -0.25) is 0 Å². The van der Waals surface area contributed by atoms with Crippen LogP contribution < -0.4 is 16.4 Å². The van der Waals surface area contributed by atoms with Crippen molar-refractivity contribution in [1.82, 2.24) is 15.0 Å². The van der Waals surface area contributed by atoms with E-state index in [2.05, 4.69) is 25.6 Å². The molecule has 2 aromatic heterocycles. The van der Waals surface area contributed by atoms with Gasteiger partial charge < -0.3 is 16.4 Å². The Hall–Kier alpha value is -1.89. The number of aromatic nitrogens is 3. The van der Waals surface area contributed by atoms with E-state index in [1.54, 1.807) is 18.4 Å². The third kappa shape index (κ3) is 2.19. The lowest BCUT2D eigenvalue weighted by Crippen LogP contribution is -2.06. The third-order valence-corrected chi connectivity index (χ3v) is 2.84. The number of anilines is 4. The summed E-state index contributed by atoms with van der Waals surface area (Å²) in [5.41, 5.74) is 7.69. The van der Waals surface area contributed by atoms with Crippen molar-refractivity contribution in [1.29, 1.82) is 0 Å². The van der Waals surface area contributed by atoms with E-state index in [4.69, 9.17) is 5.73 Å². The minimum atomic E-state index is 0.190. The molecule has 0 spiro atoms. The number of thiophene rings is 1. The fourth-order valence-electron chi connectivity index (χ4n) is 1.17. The number of hydrogen-bond donors (Lipinski definition) is 3. The van der Waals surface area contributed by atoms with Crippen LogP contribution in [0.4, 0.5) is 23.5 Å². The first-order valence-electron chi connectivity index (χ1n) is 4.68. The summed E-state index contributed by atoms with van der Waals surface area (Å²) in [6, 6.07) is 0. The zero-order valence-electron chi connectivity index (χ0n) is 8.98. The van der Waals surface area contributed by atoms with E-state index >= 15 is 0 Å². The molecule has 0 aliphatic carbocycles. The maximum Gasteiger partial charge on any atom is 0.233 e. The Morgan fingerprint density at radius 2 is 1.94 bits per heavy atom. The van der Waals surface area contributed by atoms with E-state index in [0.29, 0.717) is 11.9 Å². The minimum absolute atomic E-state index is 0.190. The summed E-state index contributed by atoms with van der Waals surface area (Å²) < 4.78 is 0. The Labute approximate surface area is 97.0 Å². The van der Waals surface area contributed by atoms with Crippen LogP contribution in [0.25, 0.3) is 0 Å². The quantitative estimate of drug-likeness (QED) is 0.750. The van der Waals surface area contributed by atoms with Gasteiger partial charge in [0.1, 0.15) is 0 Å². The highest BCUT2D eigenvalue weighted by Gasteiger charge is 2.05. The van der Waals surface area contributed by atoms with Gasteiger partial charge in [-0.05, 0) is 17.9 Å². The zero-order valence-corrected chi connectivity index (χ0v) is 9.80. The predicted octanol–water partition coefficient (Wildman–Crippen LogP) is 1.61. The predicted molar refractivity (Wildman–Crippen MR) is 66.1 cm³/mol. The van der Waals surface area contributed by atoms with Crippen molar-refractivity contribution in [2.45, 2.75) is 6.92 Å². The van der Waals surface area contributed by atoms with Gasteiger partial charge in [0, 0.05) is 12.4 Å². The normalized spacial score (nSPS) is 10.1. The molecular weight excluding hydrogens is 224 g/mol. The highest BCUT2D eigenvalue weighted by Crippen LogP contribution is 2.22. The van der Waals surface area contributed by atoms with E-state index < -0.39 is 0 Å². The second kappa shape index (κ2) is 4.31. The van der Waals surface area contributed by atoms with E-state index in [1.165, 1.54) is 0 Å². The minimum Gasteiger partial charge on any atom is -0.368 e. The zero-order chi connectivity index (χ0) is 11.5. The van der Waals surface area contributed by atoms with Gasteiger partial charge in [0.2, 0.25) is 17.8 Å². The van der Waals surface area contributed by atoms with Crippen LogP contribution in [0, 0.1) is 6.92 Å². The first kappa shape index (κ1) is 10.6. The van der Waals surface area contributed by atoms with Gasteiger partial charge in [0.25, 0.3) is 0 Å². The second-order valence-electron chi connectivity index (χ2n) is 3.18.